The number of rotatable bonds is 3. The van der Waals surface area contributed by atoms with Crippen molar-refractivity contribution in [2.24, 2.45) is 34.5 Å². The molecule has 0 radical (unpaired) electrons. The van der Waals surface area contributed by atoms with E-state index in [0.717, 1.165) is 44.9 Å². The molecule has 4 aliphatic carbocycles. The van der Waals surface area contributed by atoms with Crippen LogP contribution in [0, 0.1) is 34.5 Å². The zero-order valence-corrected chi connectivity index (χ0v) is 18.5. The molecule has 1 spiro atoms. The third-order valence-corrected chi connectivity index (χ3v) is 9.68. The summed E-state index contributed by atoms with van der Waals surface area (Å²) < 4.78 is 12.2. The first-order valence-electron chi connectivity index (χ1n) is 11.8. The van der Waals surface area contributed by atoms with Gasteiger partial charge in [-0.3, -0.25) is 9.59 Å². The summed E-state index contributed by atoms with van der Waals surface area (Å²) >= 11 is 0. The zero-order chi connectivity index (χ0) is 20.6. The average Bonchev–Trinajstić information content (AvgIpc) is 2.99. The van der Waals surface area contributed by atoms with Gasteiger partial charge in [0.25, 0.3) is 0 Å². The molecule has 0 N–H and O–H groups in total. The molecule has 4 nitrogen and oxygen atoms in total. The van der Waals surface area contributed by atoms with E-state index in [4.69, 9.17) is 9.47 Å². The highest BCUT2D eigenvalue weighted by Gasteiger charge is 2.65. The quantitative estimate of drug-likeness (QED) is 0.653. The first-order chi connectivity index (χ1) is 13.7. The molecule has 0 bridgehead atoms. The van der Waals surface area contributed by atoms with Gasteiger partial charge in [0.15, 0.2) is 6.29 Å². The van der Waals surface area contributed by atoms with E-state index in [1.165, 1.54) is 12.0 Å². The lowest BCUT2D eigenvalue weighted by Crippen LogP contribution is -2.64. The number of ether oxygens (including phenoxy) is 2. The number of ketones is 2. The molecule has 5 aliphatic rings. The second-order valence-electron chi connectivity index (χ2n) is 11.0. The Bertz CT molecular complexity index is 763. The van der Waals surface area contributed by atoms with E-state index >= 15 is 0 Å². The average molecular weight is 401 g/mol. The Kier molecular flexibility index (Phi) is 4.47. The van der Waals surface area contributed by atoms with Gasteiger partial charge < -0.3 is 9.47 Å². The van der Waals surface area contributed by atoms with Gasteiger partial charge in [0, 0.05) is 12.3 Å². The second-order valence-corrected chi connectivity index (χ2v) is 11.0. The molecule has 0 aromatic rings. The van der Waals surface area contributed by atoms with Gasteiger partial charge in [0.2, 0.25) is 11.6 Å². The van der Waals surface area contributed by atoms with Crippen LogP contribution in [-0.4, -0.2) is 23.6 Å². The van der Waals surface area contributed by atoms with Crippen molar-refractivity contribution in [3.63, 3.8) is 0 Å². The van der Waals surface area contributed by atoms with Crippen molar-refractivity contribution < 1.29 is 19.1 Å². The van der Waals surface area contributed by atoms with Crippen LogP contribution in [-0.2, 0) is 19.1 Å². The maximum atomic E-state index is 12.9. The molecule has 1 saturated heterocycles. The Balaban J connectivity index is 1.43. The topological polar surface area (TPSA) is 52.6 Å². The summed E-state index contributed by atoms with van der Waals surface area (Å²) in [5.74, 6) is 1.47. The van der Waals surface area contributed by atoms with E-state index in [2.05, 4.69) is 20.8 Å². The summed E-state index contributed by atoms with van der Waals surface area (Å²) in [6, 6.07) is 0. The summed E-state index contributed by atoms with van der Waals surface area (Å²) in [7, 11) is 0. The minimum absolute atomic E-state index is 0.0222. The number of fused-ring (bicyclic) bond motifs is 5. The van der Waals surface area contributed by atoms with Crippen LogP contribution in [0.2, 0.25) is 0 Å². The fraction of sp³-hybridized carbons (Fsp3) is 0.840. The van der Waals surface area contributed by atoms with Gasteiger partial charge in [-0.05, 0) is 86.5 Å². The van der Waals surface area contributed by atoms with E-state index in [0.29, 0.717) is 30.0 Å². The van der Waals surface area contributed by atoms with Crippen molar-refractivity contribution in [1.29, 1.82) is 0 Å². The zero-order valence-electron chi connectivity index (χ0n) is 18.5. The van der Waals surface area contributed by atoms with Crippen LogP contribution >= 0.6 is 0 Å². The van der Waals surface area contributed by atoms with Gasteiger partial charge in [-0.2, -0.15) is 0 Å². The van der Waals surface area contributed by atoms with Crippen molar-refractivity contribution in [3.8, 4) is 0 Å². The highest BCUT2D eigenvalue weighted by molar-refractivity contribution is 5.98. The van der Waals surface area contributed by atoms with E-state index < -0.39 is 5.79 Å². The molecule has 4 heteroatoms. The van der Waals surface area contributed by atoms with Crippen LogP contribution < -0.4 is 0 Å². The highest BCUT2D eigenvalue weighted by atomic mass is 16.9. The lowest BCUT2D eigenvalue weighted by molar-refractivity contribution is -0.437. The molecule has 6 atom stereocenters. The lowest BCUT2D eigenvalue weighted by Gasteiger charge is -2.61. The summed E-state index contributed by atoms with van der Waals surface area (Å²) in [5, 5.41) is 0. The number of allylic oxidation sites excluding steroid dienone is 1. The first kappa shape index (κ1) is 19.9. The van der Waals surface area contributed by atoms with Crippen LogP contribution in [0.1, 0.15) is 85.5 Å². The van der Waals surface area contributed by atoms with Crippen molar-refractivity contribution in [1.82, 2.24) is 0 Å². The monoisotopic (exact) mass is 400 g/mol. The van der Waals surface area contributed by atoms with Crippen molar-refractivity contribution in [3.05, 3.63) is 11.6 Å². The molecule has 0 unspecified atom stereocenters. The van der Waals surface area contributed by atoms with Gasteiger partial charge in [-0.1, -0.05) is 32.8 Å². The molecule has 1 aliphatic heterocycles. The fourth-order valence-corrected chi connectivity index (χ4v) is 8.30. The maximum absolute atomic E-state index is 12.9. The van der Waals surface area contributed by atoms with Crippen LogP contribution in [0.5, 0.6) is 0 Å². The second kappa shape index (κ2) is 6.50. The van der Waals surface area contributed by atoms with Crippen molar-refractivity contribution >= 4 is 11.6 Å². The Hall–Kier alpha value is -1.00. The summed E-state index contributed by atoms with van der Waals surface area (Å²) in [4.78, 5) is 25.2. The Labute approximate surface area is 174 Å². The summed E-state index contributed by atoms with van der Waals surface area (Å²) in [5.41, 5.74) is 1.47. The predicted octanol–water partition coefficient (Wildman–Crippen LogP) is 5.20. The number of hydrogen-bond donors (Lipinski definition) is 0. The van der Waals surface area contributed by atoms with Crippen LogP contribution in [0.3, 0.4) is 0 Å². The molecule has 29 heavy (non-hydrogen) atoms. The molecule has 4 fully saturated rings. The van der Waals surface area contributed by atoms with E-state index in [9.17, 15) is 9.59 Å². The number of carbonyl (C=O) groups excluding carboxylic acids is 2. The first-order valence-corrected chi connectivity index (χ1v) is 11.8. The molecule has 3 saturated carbocycles. The number of hydrogen-bond acceptors (Lipinski definition) is 4. The Morgan fingerprint density at radius 2 is 1.90 bits per heavy atom. The van der Waals surface area contributed by atoms with Crippen LogP contribution in [0.15, 0.2) is 11.6 Å². The minimum atomic E-state index is -1.03. The third-order valence-electron chi connectivity index (χ3n) is 9.68. The van der Waals surface area contributed by atoms with E-state index in [1.807, 2.05) is 6.08 Å². The van der Waals surface area contributed by atoms with Crippen molar-refractivity contribution in [2.75, 3.05) is 0 Å². The molecule has 0 aromatic carbocycles. The van der Waals surface area contributed by atoms with Gasteiger partial charge >= 0.3 is 0 Å². The molecular formula is C25H36O4. The Morgan fingerprint density at radius 1 is 1.14 bits per heavy atom. The minimum Gasteiger partial charge on any atom is -0.313 e. The smallest absolute Gasteiger partial charge is 0.238 e. The molecule has 1 heterocycles. The summed E-state index contributed by atoms with van der Waals surface area (Å²) in [6.07, 6.45) is 10.9. The number of carbonyl (C=O) groups is 2. The largest absolute Gasteiger partial charge is 0.313 e. The van der Waals surface area contributed by atoms with Crippen LogP contribution in [0.4, 0.5) is 0 Å². The standard InChI is InChI=1S/C25H36O4/c1-5-6-22-28-25(29-22)14-24(4)16(13-21(25)27)7-8-17-19-10-9-18(15(2)26)23(19,3)12-11-20(17)24/h13,17-20,22H,5-12,14H2,1-4H3/t17-,18+,19-,20-,22?,23+,24-,25?/m0/s1. The van der Waals surface area contributed by atoms with Gasteiger partial charge in [0.05, 0.1) is 0 Å². The lowest BCUT2D eigenvalue weighted by atomic mass is 9.46. The van der Waals surface area contributed by atoms with Gasteiger partial charge in [-0.25, -0.2) is 0 Å². The normalized spacial score (nSPS) is 51.0. The predicted molar refractivity (Wildman–Crippen MR) is 110 cm³/mol. The van der Waals surface area contributed by atoms with Crippen molar-refractivity contribution in [2.45, 2.75) is 97.6 Å². The van der Waals surface area contributed by atoms with E-state index in [1.54, 1.807) is 6.92 Å². The van der Waals surface area contributed by atoms with Gasteiger partial charge in [0.1, 0.15) is 5.78 Å². The Morgan fingerprint density at radius 3 is 2.59 bits per heavy atom. The third kappa shape index (κ3) is 2.64. The molecule has 0 amide bonds. The fourth-order valence-electron chi connectivity index (χ4n) is 8.30. The van der Waals surface area contributed by atoms with Crippen LogP contribution in [0.25, 0.3) is 0 Å². The summed E-state index contributed by atoms with van der Waals surface area (Å²) in [6.45, 7) is 8.66. The molecule has 5 rings (SSSR count). The molecule has 0 aromatic heterocycles. The maximum Gasteiger partial charge on any atom is 0.238 e. The van der Waals surface area contributed by atoms with Gasteiger partial charge in [-0.15, -0.1) is 0 Å². The highest BCUT2D eigenvalue weighted by Crippen LogP contribution is 2.67. The SMILES string of the molecule is CCCC1OC2(C[C@@]3(C)C(=CC2=O)CC[C@H]2[C@@H]4CC[C@H](C(C)=O)[C@@]4(C)CC[C@@H]23)O1. The number of Topliss-reactive ketones (excluding diaryl/α,β-unsaturated/α-hetero) is 1. The van der Waals surface area contributed by atoms with E-state index in [-0.39, 0.29) is 28.8 Å². The molecule has 160 valence electrons. The molecular weight excluding hydrogens is 364 g/mol.